The zero-order valence-electron chi connectivity index (χ0n) is 6.33. The Morgan fingerprint density at radius 3 is 3.18 bits per heavy atom. The summed E-state index contributed by atoms with van der Waals surface area (Å²) in [6.07, 6.45) is -0.527. The molecule has 1 amide bonds. The number of alkyl carbamates (subject to hydrolysis) is 1. The Morgan fingerprint density at radius 1 is 2.00 bits per heavy atom. The number of rotatable bonds is 2. The number of hydrogen-bond acceptors (Lipinski definition) is 3. The van der Waals surface area contributed by atoms with E-state index in [0.29, 0.717) is 18.9 Å². The standard InChI is InChI=1S/C6H11N3O2/c1-4(7)8-2-5-3-9-6(10)11-5/h5H,2-3H2,1H3,(H2,7,8)(H,9,10). The van der Waals surface area contributed by atoms with Crippen LogP contribution in [-0.2, 0) is 4.74 Å². The summed E-state index contributed by atoms with van der Waals surface area (Å²) in [5.41, 5.74) is 5.29. The fourth-order valence-electron chi connectivity index (χ4n) is 0.780. The molecule has 1 heterocycles. The molecule has 0 aromatic rings. The third-order valence-electron chi connectivity index (χ3n) is 1.29. The number of hydrogen-bond donors (Lipinski definition) is 2. The number of cyclic esters (lactones) is 1. The molecule has 5 heteroatoms. The number of nitrogens with one attached hydrogen (secondary N) is 1. The summed E-state index contributed by atoms with van der Waals surface area (Å²) in [4.78, 5) is 14.4. The Morgan fingerprint density at radius 2 is 2.73 bits per heavy atom. The van der Waals surface area contributed by atoms with E-state index in [1.165, 1.54) is 0 Å². The Hall–Kier alpha value is -1.26. The van der Waals surface area contributed by atoms with Gasteiger partial charge in [-0.1, -0.05) is 0 Å². The number of ether oxygens (including phenoxy) is 1. The number of carbonyl (C=O) groups is 1. The normalized spacial score (nSPS) is 24.6. The molecule has 1 atom stereocenters. The number of carbonyl (C=O) groups excluding carboxylic acids is 1. The number of amides is 1. The Bertz CT molecular complexity index is 186. The van der Waals surface area contributed by atoms with Crippen LogP contribution < -0.4 is 11.1 Å². The molecular formula is C6H11N3O2. The van der Waals surface area contributed by atoms with Gasteiger partial charge in [0.25, 0.3) is 0 Å². The number of aliphatic imine (C=N–C) groups is 1. The SMILES string of the molecule is CC(N)=NCC1CNC(=O)O1. The molecule has 0 saturated carbocycles. The first-order valence-corrected chi connectivity index (χ1v) is 3.39. The minimum Gasteiger partial charge on any atom is -0.442 e. The summed E-state index contributed by atoms with van der Waals surface area (Å²) < 4.78 is 4.80. The summed E-state index contributed by atoms with van der Waals surface area (Å²) in [5.74, 6) is 0.507. The fourth-order valence-corrected chi connectivity index (χ4v) is 0.780. The number of nitrogens with zero attached hydrogens (tertiary/aromatic N) is 1. The summed E-state index contributed by atoms with van der Waals surface area (Å²) >= 11 is 0. The monoisotopic (exact) mass is 157 g/mol. The Labute approximate surface area is 64.6 Å². The molecule has 0 aliphatic carbocycles. The smallest absolute Gasteiger partial charge is 0.407 e. The first-order valence-electron chi connectivity index (χ1n) is 3.39. The van der Waals surface area contributed by atoms with Crippen LogP contribution in [-0.4, -0.2) is 31.1 Å². The van der Waals surface area contributed by atoms with Gasteiger partial charge in [-0.2, -0.15) is 0 Å². The van der Waals surface area contributed by atoms with E-state index in [1.54, 1.807) is 6.92 Å². The largest absolute Gasteiger partial charge is 0.442 e. The molecule has 0 aromatic carbocycles. The van der Waals surface area contributed by atoms with Crippen LogP contribution in [0.2, 0.25) is 0 Å². The van der Waals surface area contributed by atoms with Crippen molar-refractivity contribution in [3.63, 3.8) is 0 Å². The van der Waals surface area contributed by atoms with E-state index in [2.05, 4.69) is 10.3 Å². The molecule has 1 rings (SSSR count). The predicted molar refractivity (Wildman–Crippen MR) is 40.4 cm³/mol. The molecule has 1 unspecified atom stereocenters. The highest BCUT2D eigenvalue weighted by Crippen LogP contribution is 1.99. The van der Waals surface area contributed by atoms with Gasteiger partial charge in [-0.3, -0.25) is 4.99 Å². The molecule has 1 saturated heterocycles. The quantitative estimate of drug-likeness (QED) is 0.418. The van der Waals surface area contributed by atoms with E-state index in [4.69, 9.17) is 10.5 Å². The Kier molecular flexibility index (Phi) is 2.30. The second-order valence-electron chi connectivity index (χ2n) is 2.39. The van der Waals surface area contributed by atoms with Gasteiger partial charge >= 0.3 is 6.09 Å². The first-order chi connectivity index (χ1) is 5.18. The van der Waals surface area contributed by atoms with Crippen molar-refractivity contribution in [2.45, 2.75) is 13.0 Å². The van der Waals surface area contributed by atoms with Crippen LogP contribution in [0.4, 0.5) is 4.79 Å². The van der Waals surface area contributed by atoms with Crippen molar-refractivity contribution in [1.29, 1.82) is 0 Å². The van der Waals surface area contributed by atoms with Crippen molar-refractivity contribution in [2.24, 2.45) is 10.7 Å². The maximum absolute atomic E-state index is 10.5. The maximum Gasteiger partial charge on any atom is 0.407 e. The molecule has 5 nitrogen and oxygen atoms in total. The second kappa shape index (κ2) is 3.23. The molecule has 0 spiro atoms. The van der Waals surface area contributed by atoms with Gasteiger partial charge in [-0.05, 0) is 6.92 Å². The van der Waals surface area contributed by atoms with Gasteiger partial charge in [-0.15, -0.1) is 0 Å². The lowest BCUT2D eigenvalue weighted by molar-refractivity contribution is 0.144. The zero-order valence-corrected chi connectivity index (χ0v) is 6.33. The van der Waals surface area contributed by atoms with E-state index >= 15 is 0 Å². The lowest BCUT2D eigenvalue weighted by Crippen LogP contribution is -2.19. The van der Waals surface area contributed by atoms with Crippen molar-refractivity contribution < 1.29 is 9.53 Å². The van der Waals surface area contributed by atoms with Crippen LogP contribution in [0.1, 0.15) is 6.92 Å². The van der Waals surface area contributed by atoms with Gasteiger partial charge in [0.1, 0.15) is 6.10 Å². The topological polar surface area (TPSA) is 76.7 Å². The molecule has 3 N–H and O–H groups in total. The average molecular weight is 157 g/mol. The molecule has 11 heavy (non-hydrogen) atoms. The van der Waals surface area contributed by atoms with Gasteiger partial charge < -0.3 is 15.8 Å². The van der Waals surface area contributed by atoms with E-state index in [1.807, 2.05) is 0 Å². The zero-order chi connectivity index (χ0) is 8.27. The molecule has 1 fully saturated rings. The van der Waals surface area contributed by atoms with E-state index in [0.717, 1.165) is 0 Å². The lowest BCUT2D eigenvalue weighted by atomic mass is 10.4. The van der Waals surface area contributed by atoms with E-state index in [9.17, 15) is 4.79 Å². The summed E-state index contributed by atoms with van der Waals surface area (Å²) in [7, 11) is 0. The number of amidine groups is 1. The molecule has 0 aromatic heterocycles. The summed E-state index contributed by atoms with van der Waals surface area (Å²) in [6, 6.07) is 0. The van der Waals surface area contributed by atoms with Gasteiger partial charge in [0.2, 0.25) is 0 Å². The highest BCUT2D eigenvalue weighted by Gasteiger charge is 2.21. The second-order valence-corrected chi connectivity index (χ2v) is 2.39. The molecular weight excluding hydrogens is 146 g/mol. The van der Waals surface area contributed by atoms with Crippen LogP contribution >= 0.6 is 0 Å². The summed E-state index contributed by atoms with van der Waals surface area (Å²) in [6.45, 7) is 2.67. The van der Waals surface area contributed by atoms with Crippen LogP contribution in [0.15, 0.2) is 4.99 Å². The molecule has 1 aliphatic rings. The molecule has 62 valence electrons. The van der Waals surface area contributed by atoms with Crippen molar-refractivity contribution >= 4 is 11.9 Å². The molecule has 0 bridgehead atoms. The van der Waals surface area contributed by atoms with Crippen LogP contribution in [0.5, 0.6) is 0 Å². The molecule has 1 aliphatic heterocycles. The van der Waals surface area contributed by atoms with Crippen molar-refractivity contribution in [1.82, 2.24) is 5.32 Å². The highest BCUT2D eigenvalue weighted by atomic mass is 16.6. The maximum atomic E-state index is 10.5. The van der Waals surface area contributed by atoms with Gasteiger partial charge in [0.05, 0.1) is 18.9 Å². The van der Waals surface area contributed by atoms with Crippen molar-refractivity contribution in [2.75, 3.05) is 13.1 Å². The highest BCUT2D eigenvalue weighted by molar-refractivity contribution is 5.77. The van der Waals surface area contributed by atoms with Gasteiger partial charge in [-0.25, -0.2) is 4.79 Å². The van der Waals surface area contributed by atoms with Crippen molar-refractivity contribution in [3.05, 3.63) is 0 Å². The lowest BCUT2D eigenvalue weighted by Gasteiger charge is -2.02. The Balaban J connectivity index is 2.29. The summed E-state index contributed by atoms with van der Waals surface area (Å²) in [5, 5.41) is 2.52. The third kappa shape index (κ3) is 2.45. The van der Waals surface area contributed by atoms with Crippen molar-refractivity contribution in [3.8, 4) is 0 Å². The van der Waals surface area contributed by atoms with Gasteiger partial charge in [0, 0.05) is 0 Å². The molecule has 0 radical (unpaired) electrons. The van der Waals surface area contributed by atoms with Crippen LogP contribution in [0.3, 0.4) is 0 Å². The minimum atomic E-state index is -0.375. The first kappa shape index (κ1) is 7.84. The average Bonchev–Trinajstić information content (AvgIpc) is 2.31. The predicted octanol–water partition coefficient (Wildman–Crippen LogP) is -0.528. The van der Waals surface area contributed by atoms with E-state index in [-0.39, 0.29) is 12.2 Å². The van der Waals surface area contributed by atoms with Crippen LogP contribution in [0.25, 0.3) is 0 Å². The number of nitrogens with two attached hydrogens (primary N) is 1. The minimum absolute atomic E-state index is 0.152. The van der Waals surface area contributed by atoms with Gasteiger partial charge in [0.15, 0.2) is 0 Å². The van der Waals surface area contributed by atoms with E-state index < -0.39 is 0 Å². The third-order valence-corrected chi connectivity index (χ3v) is 1.29. The fraction of sp³-hybridized carbons (Fsp3) is 0.667. The van der Waals surface area contributed by atoms with Crippen LogP contribution in [0, 0.1) is 0 Å².